The van der Waals surface area contributed by atoms with Crippen molar-refractivity contribution in [2.24, 2.45) is 13.0 Å². The zero-order chi connectivity index (χ0) is 16.6. The van der Waals surface area contributed by atoms with Crippen LogP contribution in [-0.4, -0.2) is 34.0 Å². The zero-order valence-electron chi connectivity index (χ0n) is 13.9. The summed E-state index contributed by atoms with van der Waals surface area (Å²) in [6.45, 7) is 7.06. The zero-order valence-corrected chi connectivity index (χ0v) is 13.9. The summed E-state index contributed by atoms with van der Waals surface area (Å²) >= 11 is 0. The maximum Gasteiger partial charge on any atom is 0.289 e. The van der Waals surface area contributed by atoms with E-state index in [1.807, 2.05) is 25.6 Å². The Hall–Kier alpha value is -2.15. The van der Waals surface area contributed by atoms with Gasteiger partial charge in [-0.15, -0.1) is 0 Å². The fourth-order valence-electron chi connectivity index (χ4n) is 3.15. The lowest BCUT2D eigenvalue weighted by atomic mass is 9.94. The maximum atomic E-state index is 12.1. The molecule has 0 spiro atoms. The Morgan fingerprint density at radius 3 is 2.83 bits per heavy atom. The van der Waals surface area contributed by atoms with Crippen LogP contribution in [0, 0.1) is 26.7 Å². The number of nitrogens with one attached hydrogen (secondary N) is 1. The molecule has 1 saturated heterocycles. The molecule has 0 radical (unpaired) electrons. The van der Waals surface area contributed by atoms with Crippen LogP contribution >= 0.6 is 0 Å². The van der Waals surface area contributed by atoms with Crippen molar-refractivity contribution >= 4 is 5.91 Å². The number of aromatic nitrogens is 3. The second-order valence-corrected chi connectivity index (χ2v) is 6.09. The molecule has 3 rings (SSSR count). The summed E-state index contributed by atoms with van der Waals surface area (Å²) < 4.78 is 12.8. The van der Waals surface area contributed by atoms with Crippen LogP contribution in [0.2, 0.25) is 0 Å². The molecular weight excluding hydrogens is 296 g/mol. The Morgan fingerprint density at radius 1 is 1.43 bits per heavy atom. The molecule has 1 N–H and O–H groups in total. The van der Waals surface area contributed by atoms with E-state index in [-0.39, 0.29) is 23.7 Å². The summed E-state index contributed by atoms with van der Waals surface area (Å²) in [6, 6.07) is 1.63. The number of amides is 1. The predicted molar refractivity (Wildman–Crippen MR) is 83.1 cm³/mol. The van der Waals surface area contributed by atoms with Crippen LogP contribution in [0.25, 0.3) is 0 Å². The Morgan fingerprint density at radius 2 is 2.22 bits per heavy atom. The molecule has 0 aromatic carbocycles. The predicted octanol–water partition coefficient (Wildman–Crippen LogP) is 1.84. The van der Waals surface area contributed by atoms with Crippen molar-refractivity contribution in [2.75, 3.05) is 13.2 Å². The van der Waals surface area contributed by atoms with Crippen LogP contribution in [0.15, 0.2) is 10.6 Å². The highest BCUT2D eigenvalue weighted by molar-refractivity contribution is 5.91. The van der Waals surface area contributed by atoms with Gasteiger partial charge in [-0.25, -0.2) is 0 Å². The number of hydrogen-bond donors (Lipinski definition) is 1. The monoisotopic (exact) mass is 318 g/mol. The van der Waals surface area contributed by atoms with E-state index < -0.39 is 0 Å². The lowest BCUT2D eigenvalue weighted by Crippen LogP contribution is -2.30. The molecule has 2 aromatic rings. The lowest BCUT2D eigenvalue weighted by Gasteiger charge is -2.19. The lowest BCUT2D eigenvalue weighted by molar-refractivity contribution is 0.0822. The SMILES string of the molecule is Cc1cc(C(=O)NC[C@H]2CCO[C@@H]2c2c(C)nn(C)c2C)on1. The van der Waals surface area contributed by atoms with Gasteiger partial charge in [0.1, 0.15) is 0 Å². The normalized spacial score (nSPS) is 20.9. The minimum Gasteiger partial charge on any atom is -0.373 e. The van der Waals surface area contributed by atoms with Gasteiger partial charge in [0.2, 0.25) is 5.76 Å². The van der Waals surface area contributed by atoms with Gasteiger partial charge in [0.05, 0.1) is 17.5 Å². The number of carbonyl (C=O) groups is 1. The number of hydrogen-bond acceptors (Lipinski definition) is 5. The van der Waals surface area contributed by atoms with Crippen molar-refractivity contribution in [1.29, 1.82) is 0 Å². The highest BCUT2D eigenvalue weighted by atomic mass is 16.5. The van der Waals surface area contributed by atoms with Gasteiger partial charge in [0.15, 0.2) is 0 Å². The summed E-state index contributed by atoms with van der Waals surface area (Å²) in [5.74, 6) is 0.229. The molecule has 23 heavy (non-hydrogen) atoms. The molecule has 1 amide bonds. The smallest absolute Gasteiger partial charge is 0.289 e. The molecule has 1 aliphatic heterocycles. The Labute approximate surface area is 135 Å². The van der Waals surface area contributed by atoms with Gasteiger partial charge in [-0.2, -0.15) is 5.10 Å². The number of ether oxygens (including phenoxy) is 1. The van der Waals surface area contributed by atoms with Crippen LogP contribution in [0.3, 0.4) is 0 Å². The molecule has 7 heteroatoms. The second kappa shape index (κ2) is 6.16. The van der Waals surface area contributed by atoms with Gasteiger partial charge in [-0.1, -0.05) is 5.16 Å². The van der Waals surface area contributed by atoms with E-state index in [0.717, 1.165) is 23.4 Å². The third-order valence-corrected chi connectivity index (χ3v) is 4.44. The van der Waals surface area contributed by atoms with Gasteiger partial charge < -0.3 is 14.6 Å². The van der Waals surface area contributed by atoms with Crippen LogP contribution in [-0.2, 0) is 11.8 Å². The van der Waals surface area contributed by atoms with Gasteiger partial charge >= 0.3 is 0 Å². The fraction of sp³-hybridized carbons (Fsp3) is 0.562. The second-order valence-electron chi connectivity index (χ2n) is 6.09. The van der Waals surface area contributed by atoms with Gasteiger partial charge in [0.25, 0.3) is 5.91 Å². The van der Waals surface area contributed by atoms with Crippen LogP contribution in [0.5, 0.6) is 0 Å². The highest BCUT2D eigenvalue weighted by Crippen LogP contribution is 2.37. The minimum absolute atomic E-state index is 0.0273. The summed E-state index contributed by atoms with van der Waals surface area (Å²) in [6.07, 6.45) is 0.884. The topological polar surface area (TPSA) is 82.2 Å². The van der Waals surface area contributed by atoms with Crippen molar-refractivity contribution < 1.29 is 14.1 Å². The largest absolute Gasteiger partial charge is 0.373 e. The first-order valence-corrected chi connectivity index (χ1v) is 7.80. The van der Waals surface area contributed by atoms with Crippen LogP contribution in [0.4, 0.5) is 0 Å². The number of rotatable bonds is 4. The third kappa shape index (κ3) is 3.01. The minimum atomic E-state index is -0.240. The number of aryl methyl sites for hydroxylation is 3. The van der Waals surface area contributed by atoms with Gasteiger partial charge in [-0.05, 0) is 27.2 Å². The average molecular weight is 318 g/mol. The van der Waals surface area contributed by atoms with Crippen molar-refractivity contribution in [1.82, 2.24) is 20.3 Å². The molecule has 2 atom stereocenters. The summed E-state index contributed by atoms with van der Waals surface area (Å²) in [4.78, 5) is 12.1. The van der Waals surface area contributed by atoms with E-state index in [1.165, 1.54) is 0 Å². The Bertz CT molecular complexity index is 719. The standard InChI is InChI=1S/C16H22N4O3/c1-9-7-13(23-19-9)16(21)17-8-12-5-6-22-15(12)14-10(2)18-20(4)11(14)3/h7,12,15H,5-6,8H2,1-4H3,(H,17,21)/t12-,15+/m1/s1. The summed E-state index contributed by atoms with van der Waals surface area (Å²) in [5, 5.41) is 11.1. The van der Waals surface area contributed by atoms with Crippen LogP contribution in [0.1, 0.15) is 45.7 Å². The fourth-order valence-corrected chi connectivity index (χ4v) is 3.15. The molecule has 2 aromatic heterocycles. The maximum absolute atomic E-state index is 12.1. The third-order valence-electron chi connectivity index (χ3n) is 4.44. The molecule has 124 valence electrons. The molecule has 3 heterocycles. The summed E-state index contributed by atoms with van der Waals surface area (Å²) in [5.41, 5.74) is 3.93. The molecular formula is C16H22N4O3. The number of nitrogens with zero attached hydrogens (tertiary/aromatic N) is 3. The number of carbonyl (C=O) groups excluding carboxylic acids is 1. The van der Waals surface area contributed by atoms with Gasteiger partial charge in [0, 0.05) is 43.4 Å². The van der Waals surface area contributed by atoms with Gasteiger partial charge in [-0.3, -0.25) is 9.48 Å². The average Bonchev–Trinajstić information content (AvgIpc) is 3.18. The quantitative estimate of drug-likeness (QED) is 0.930. The Balaban J connectivity index is 1.69. The molecule has 7 nitrogen and oxygen atoms in total. The van der Waals surface area contributed by atoms with Crippen molar-refractivity contribution in [3.8, 4) is 0 Å². The van der Waals surface area contributed by atoms with E-state index in [1.54, 1.807) is 13.0 Å². The first kappa shape index (κ1) is 15.7. The first-order valence-electron chi connectivity index (χ1n) is 7.80. The Kier molecular flexibility index (Phi) is 4.21. The highest BCUT2D eigenvalue weighted by Gasteiger charge is 2.33. The van der Waals surface area contributed by atoms with E-state index >= 15 is 0 Å². The first-order chi connectivity index (χ1) is 11.0. The van der Waals surface area contributed by atoms with E-state index in [2.05, 4.69) is 15.6 Å². The van der Waals surface area contributed by atoms with Crippen LogP contribution < -0.4 is 5.32 Å². The summed E-state index contributed by atoms with van der Waals surface area (Å²) in [7, 11) is 1.93. The van der Waals surface area contributed by atoms with Crippen molar-refractivity contribution in [3.63, 3.8) is 0 Å². The molecule has 1 aliphatic rings. The molecule has 0 aliphatic carbocycles. The molecule has 0 saturated carbocycles. The molecule has 0 bridgehead atoms. The van der Waals surface area contributed by atoms with Crippen molar-refractivity contribution in [2.45, 2.75) is 33.3 Å². The van der Waals surface area contributed by atoms with Crippen molar-refractivity contribution in [3.05, 3.63) is 34.5 Å². The molecule has 1 fully saturated rings. The van der Waals surface area contributed by atoms with E-state index in [0.29, 0.717) is 18.8 Å². The van der Waals surface area contributed by atoms with E-state index in [4.69, 9.17) is 9.26 Å². The molecule has 0 unspecified atom stereocenters. The van der Waals surface area contributed by atoms with E-state index in [9.17, 15) is 4.79 Å².